The molecule has 0 fully saturated rings. The molecule has 18 heavy (non-hydrogen) atoms. The molecule has 98 valence electrons. The standard InChI is InChI=1S/C13H16O4S/c1-4-9-6-10-5-8(2)18(15,16)12(10)7-11(9)13(14)17-3/h6-8H,4-5H2,1-3H3. The van der Waals surface area contributed by atoms with Crippen LogP contribution in [0.3, 0.4) is 0 Å². The van der Waals surface area contributed by atoms with E-state index in [1.54, 1.807) is 6.92 Å². The third-order valence-electron chi connectivity index (χ3n) is 3.42. The first-order chi connectivity index (χ1) is 8.41. The molecule has 1 unspecified atom stereocenters. The van der Waals surface area contributed by atoms with Crippen molar-refractivity contribution in [2.24, 2.45) is 0 Å². The van der Waals surface area contributed by atoms with Gasteiger partial charge in [0.1, 0.15) is 0 Å². The SMILES string of the molecule is CCc1cc2c(cc1C(=O)OC)S(=O)(=O)C(C)C2. The Balaban J connectivity index is 2.67. The van der Waals surface area contributed by atoms with Crippen molar-refractivity contribution in [3.05, 3.63) is 28.8 Å². The quantitative estimate of drug-likeness (QED) is 0.767. The highest BCUT2D eigenvalue weighted by Crippen LogP contribution is 2.33. The van der Waals surface area contributed by atoms with Gasteiger partial charge < -0.3 is 4.74 Å². The van der Waals surface area contributed by atoms with Gasteiger partial charge in [0.05, 0.1) is 22.8 Å². The summed E-state index contributed by atoms with van der Waals surface area (Å²) in [5, 5.41) is -0.412. The van der Waals surface area contributed by atoms with Gasteiger partial charge in [0.2, 0.25) is 0 Å². The summed E-state index contributed by atoms with van der Waals surface area (Å²) in [4.78, 5) is 12.0. The number of fused-ring (bicyclic) bond motifs is 1. The summed E-state index contributed by atoms with van der Waals surface area (Å²) < 4.78 is 28.9. The Bertz CT molecular complexity index is 602. The predicted molar refractivity (Wildman–Crippen MR) is 67.5 cm³/mol. The van der Waals surface area contributed by atoms with E-state index in [9.17, 15) is 13.2 Å². The third-order valence-corrected chi connectivity index (χ3v) is 5.64. The van der Waals surface area contributed by atoms with Gasteiger partial charge in [0.15, 0.2) is 9.84 Å². The molecule has 1 aromatic rings. The van der Waals surface area contributed by atoms with Crippen molar-refractivity contribution in [3.63, 3.8) is 0 Å². The smallest absolute Gasteiger partial charge is 0.338 e. The van der Waals surface area contributed by atoms with Crippen molar-refractivity contribution in [2.45, 2.75) is 36.8 Å². The lowest BCUT2D eigenvalue weighted by atomic mass is 10.00. The van der Waals surface area contributed by atoms with E-state index in [-0.39, 0.29) is 4.90 Å². The van der Waals surface area contributed by atoms with E-state index in [0.717, 1.165) is 11.1 Å². The molecule has 0 radical (unpaired) electrons. The van der Waals surface area contributed by atoms with Gasteiger partial charge in [0.25, 0.3) is 0 Å². The van der Waals surface area contributed by atoms with Crippen LogP contribution in [0.15, 0.2) is 17.0 Å². The van der Waals surface area contributed by atoms with Crippen molar-refractivity contribution in [1.29, 1.82) is 0 Å². The molecule has 1 aromatic carbocycles. The Morgan fingerprint density at radius 2 is 2.11 bits per heavy atom. The molecule has 0 aromatic heterocycles. The van der Waals surface area contributed by atoms with Gasteiger partial charge in [-0.3, -0.25) is 0 Å². The highest BCUT2D eigenvalue weighted by Gasteiger charge is 2.35. The Labute approximate surface area is 107 Å². The average Bonchev–Trinajstić information content (AvgIpc) is 2.57. The number of methoxy groups -OCH3 is 1. The Morgan fingerprint density at radius 3 is 2.67 bits per heavy atom. The minimum absolute atomic E-state index is 0.285. The van der Waals surface area contributed by atoms with Crippen LogP contribution in [0.25, 0.3) is 0 Å². The summed E-state index contributed by atoms with van der Waals surface area (Å²) in [5.41, 5.74) is 2.01. The summed E-state index contributed by atoms with van der Waals surface area (Å²) in [6, 6.07) is 3.29. The zero-order valence-electron chi connectivity index (χ0n) is 10.7. The fraction of sp³-hybridized carbons (Fsp3) is 0.462. The van der Waals surface area contributed by atoms with Crippen molar-refractivity contribution >= 4 is 15.8 Å². The van der Waals surface area contributed by atoms with Gasteiger partial charge in [0, 0.05) is 0 Å². The van der Waals surface area contributed by atoms with Crippen LogP contribution in [0, 0.1) is 0 Å². The van der Waals surface area contributed by atoms with Crippen molar-refractivity contribution in [3.8, 4) is 0 Å². The first-order valence-electron chi connectivity index (χ1n) is 5.89. The lowest BCUT2D eigenvalue weighted by Crippen LogP contribution is -2.12. The largest absolute Gasteiger partial charge is 0.465 e. The summed E-state index contributed by atoms with van der Waals surface area (Å²) in [5.74, 6) is -0.482. The number of carbonyl (C=O) groups excluding carboxylic acids is 1. The van der Waals surface area contributed by atoms with Gasteiger partial charge in [-0.1, -0.05) is 13.0 Å². The first kappa shape index (κ1) is 13.1. The van der Waals surface area contributed by atoms with Crippen LogP contribution < -0.4 is 0 Å². The summed E-state index contributed by atoms with van der Waals surface area (Å²) in [6.07, 6.45) is 1.19. The van der Waals surface area contributed by atoms with E-state index in [4.69, 9.17) is 4.74 Å². The van der Waals surface area contributed by atoms with Crippen LogP contribution >= 0.6 is 0 Å². The molecule has 1 aliphatic heterocycles. The van der Waals surface area contributed by atoms with Gasteiger partial charge in [-0.05, 0) is 37.0 Å². The first-order valence-corrected chi connectivity index (χ1v) is 7.44. The van der Waals surface area contributed by atoms with E-state index in [2.05, 4.69) is 0 Å². The number of esters is 1. The van der Waals surface area contributed by atoms with Crippen molar-refractivity contribution in [2.75, 3.05) is 7.11 Å². The van der Waals surface area contributed by atoms with Gasteiger partial charge in [-0.25, -0.2) is 13.2 Å². The molecule has 0 bridgehead atoms. The minimum Gasteiger partial charge on any atom is -0.465 e. The molecule has 0 spiro atoms. The van der Waals surface area contributed by atoms with Crippen LogP contribution in [0.4, 0.5) is 0 Å². The van der Waals surface area contributed by atoms with Crippen LogP contribution in [0.1, 0.15) is 35.3 Å². The zero-order valence-corrected chi connectivity index (χ0v) is 11.5. The van der Waals surface area contributed by atoms with Gasteiger partial charge in [-0.2, -0.15) is 0 Å². The maximum atomic E-state index is 12.1. The Hall–Kier alpha value is -1.36. The van der Waals surface area contributed by atoms with Crippen molar-refractivity contribution < 1.29 is 17.9 Å². The third kappa shape index (κ3) is 1.82. The van der Waals surface area contributed by atoms with E-state index in [1.807, 2.05) is 13.0 Å². The van der Waals surface area contributed by atoms with E-state index < -0.39 is 21.1 Å². The van der Waals surface area contributed by atoms with Crippen LogP contribution in [0.5, 0.6) is 0 Å². The Morgan fingerprint density at radius 1 is 1.44 bits per heavy atom. The molecule has 1 aliphatic rings. The summed E-state index contributed by atoms with van der Waals surface area (Å²) >= 11 is 0. The van der Waals surface area contributed by atoms with Crippen molar-refractivity contribution in [1.82, 2.24) is 0 Å². The second-order valence-electron chi connectivity index (χ2n) is 4.52. The fourth-order valence-corrected chi connectivity index (χ4v) is 3.95. The fourth-order valence-electron chi connectivity index (χ4n) is 2.33. The number of sulfone groups is 1. The predicted octanol–water partition coefficient (Wildman–Crippen LogP) is 1.75. The number of carbonyl (C=O) groups is 1. The van der Waals surface area contributed by atoms with E-state index in [0.29, 0.717) is 18.4 Å². The lowest BCUT2D eigenvalue weighted by Gasteiger charge is -2.08. The van der Waals surface area contributed by atoms with Crippen LogP contribution in [0.2, 0.25) is 0 Å². The highest BCUT2D eigenvalue weighted by atomic mass is 32.2. The summed E-state index contributed by atoms with van der Waals surface area (Å²) in [6.45, 7) is 3.62. The van der Waals surface area contributed by atoms with E-state index in [1.165, 1.54) is 13.2 Å². The molecule has 1 atom stereocenters. The Kier molecular flexibility index (Phi) is 3.19. The molecule has 5 heteroatoms. The number of benzene rings is 1. The maximum absolute atomic E-state index is 12.1. The van der Waals surface area contributed by atoms with Gasteiger partial charge >= 0.3 is 5.97 Å². The second-order valence-corrected chi connectivity index (χ2v) is 6.86. The maximum Gasteiger partial charge on any atom is 0.338 e. The highest BCUT2D eigenvalue weighted by molar-refractivity contribution is 7.92. The topological polar surface area (TPSA) is 60.4 Å². The van der Waals surface area contributed by atoms with Crippen LogP contribution in [-0.2, 0) is 27.4 Å². The number of rotatable bonds is 2. The normalized spacial score (nSPS) is 20.5. The second kappa shape index (κ2) is 4.39. The summed E-state index contributed by atoms with van der Waals surface area (Å²) in [7, 11) is -1.98. The molecule has 0 amide bonds. The van der Waals surface area contributed by atoms with Gasteiger partial charge in [-0.15, -0.1) is 0 Å². The molecular formula is C13H16O4S. The van der Waals surface area contributed by atoms with Crippen LogP contribution in [-0.4, -0.2) is 26.7 Å². The molecular weight excluding hydrogens is 252 g/mol. The molecule has 4 nitrogen and oxygen atoms in total. The minimum atomic E-state index is -3.28. The number of aryl methyl sites for hydroxylation is 1. The lowest BCUT2D eigenvalue weighted by molar-refractivity contribution is 0.0599. The number of ether oxygens (including phenoxy) is 1. The number of hydrogen-bond acceptors (Lipinski definition) is 4. The molecule has 2 rings (SSSR count). The average molecular weight is 268 g/mol. The molecule has 1 heterocycles. The molecule has 0 saturated carbocycles. The van der Waals surface area contributed by atoms with E-state index >= 15 is 0 Å². The molecule has 0 aliphatic carbocycles. The molecule has 0 N–H and O–H groups in total. The number of hydrogen-bond donors (Lipinski definition) is 0. The molecule has 0 saturated heterocycles. The monoisotopic (exact) mass is 268 g/mol. The zero-order chi connectivity index (χ0) is 13.5.